The summed E-state index contributed by atoms with van der Waals surface area (Å²) in [7, 11) is 0. The molecule has 0 spiro atoms. The van der Waals surface area contributed by atoms with Crippen molar-refractivity contribution in [1.29, 1.82) is 0 Å². The van der Waals surface area contributed by atoms with Crippen LogP contribution in [0.1, 0.15) is 37.7 Å². The molecule has 0 saturated heterocycles. The van der Waals surface area contributed by atoms with E-state index < -0.39 is 23.9 Å². The molecule has 0 fully saturated rings. The van der Waals surface area contributed by atoms with Crippen molar-refractivity contribution in [3.8, 4) is 0 Å². The summed E-state index contributed by atoms with van der Waals surface area (Å²) in [6.07, 6.45) is 0.176. The van der Waals surface area contributed by atoms with E-state index in [0.717, 1.165) is 5.56 Å². The van der Waals surface area contributed by atoms with Gasteiger partial charge in [-0.3, -0.25) is 9.59 Å². The van der Waals surface area contributed by atoms with Gasteiger partial charge in [0.15, 0.2) is 0 Å². The molecular weight excluding hydrogens is 274 g/mol. The van der Waals surface area contributed by atoms with Crippen LogP contribution >= 0.6 is 0 Å². The standard InChI is InChI=1S/C15H19NO5/c1-10(11-6-3-2-4-7-11)14(19)16-12(15(20)21)8-5-9-13(17)18/h2-4,6-7,10,12H,5,8-9H2,1H3,(H,16,19)(H,17,18)(H,20,21)/t10?,12-/m1/s1. The van der Waals surface area contributed by atoms with Crippen molar-refractivity contribution < 1.29 is 24.6 Å². The molecule has 0 heterocycles. The predicted molar refractivity (Wildman–Crippen MR) is 75.9 cm³/mol. The average molecular weight is 293 g/mol. The monoisotopic (exact) mass is 293 g/mol. The molecule has 1 unspecified atom stereocenters. The molecule has 0 bridgehead atoms. The fraction of sp³-hybridized carbons (Fsp3) is 0.400. The minimum absolute atomic E-state index is 0.0921. The Morgan fingerprint density at radius 2 is 1.76 bits per heavy atom. The van der Waals surface area contributed by atoms with Crippen molar-refractivity contribution in [1.82, 2.24) is 5.32 Å². The summed E-state index contributed by atoms with van der Waals surface area (Å²) in [5.41, 5.74) is 0.796. The first kappa shape index (κ1) is 16.7. The van der Waals surface area contributed by atoms with Crippen LogP contribution in [0.3, 0.4) is 0 Å². The third-order valence-electron chi connectivity index (χ3n) is 3.19. The molecule has 0 radical (unpaired) electrons. The highest BCUT2D eigenvalue weighted by atomic mass is 16.4. The maximum atomic E-state index is 12.1. The molecule has 6 nitrogen and oxygen atoms in total. The van der Waals surface area contributed by atoms with Crippen LogP contribution in [-0.2, 0) is 14.4 Å². The van der Waals surface area contributed by atoms with Gasteiger partial charge in [-0.2, -0.15) is 0 Å². The summed E-state index contributed by atoms with van der Waals surface area (Å²) >= 11 is 0. The molecule has 6 heteroatoms. The molecule has 0 aliphatic heterocycles. The van der Waals surface area contributed by atoms with E-state index in [1.807, 2.05) is 6.07 Å². The summed E-state index contributed by atoms with van der Waals surface area (Å²) in [5, 5.41) is 20.1. The first-order valence-electron chi connectivity index (χ1n) is 6.71. The van der Waals surface area contributed by atoms with Crippen molar-refractivity contribution >= 4 is 17.8 Å². The van der Waals surface area contributed by atoms with Gasteiger partial charge in [-0.25, -0.2) is 4.79 Å². The van der Waals surface area contributed by atoms with Gasteiger partial charge in [0.25, 0.3) is 0 Å². The Labute approximate surface area is 122 Å². The van der Waals surface area contributed by atoms with Crippen molar-refractivity contribution in [2.45, 2.75) is 38.1 Å². The number of hydrogen-bond donors (Lipinski definition) is 3. The molecule has 0 aliphatic rings. The minimum atomic E-state index is -1.16. The Kier molecular flexibility index (Phi) is 6.39. The second kappa shape index (κ2) is 8.04. The molecule has 114 valence electrons. The van der Waals surface area contributed by atoms with Gasteiger partial charge in [0, 0.05) is 6.42 Å². The lowest BCUT2D eigenvalue weighted by Gasteiger charge is -2.17. The quantitative estimate of drug-likeness (QED) is 0.675. The number of nitrogens with one attached hydrogen (secondary N) is 1. The molecule has 0 aliphatic carbocycles. The lowest BCUT2D eigenvalue weighted by atomic mass is 9.99. The summed E-state index contributed by atoms with van der Waals surface area (Å²) in [5.74, 6) is -2.99. The molecule has 3 N–H and O–H groups in total. The zero-order chi connectivity index (χ0) is 15.8. The maximum Gasteiger partial charge on any atom is 0.326 e. The Bertz CT molecular complexity index is 500. The van der Waals surface area contributed by atoms with Crippen LogP contribution in [0.4, 0.5) is 0 Å². The molecule has 0 aromatic heterocycles. The van der Waals surface area contributed by atoms with Gasteiger partial charge in [0.2, 0.25) is 5.91 Å². The summed E-state index contributed by atoms with van der Waals surface area (Å²) < 4.78 is 0. The summed E-state index contributed by atoms with van der Waals surface area (Å²) in [6.45, 7) is 1.70. The normalized spacial score (nSPS) is 13.2. The molecule has 1 rings (SSSR count). The van der Waals surface area contributed by atoms with E-state index in [9.17, 15) is 14.4 Å². The second-order valence-electron chi connectivity index (χ2n) is 4.82. The lowest BCUT2D eigenvalue weighted by Crippen LogP contribution is -2.42. The van der Waals surface area contributed by atoms with Crippen LogP contribution in [0.15, 0.2) is 30.3 Å². The van der Waals surface area contributed by atoms with E-state index >= 15 is 0 Å². The highest BCUT2D eigenvalue weighted by molar-refractivity contribution is 5.87. The first-order valence-corrected chi connectivity index (χ1v) is 6.71. The van der Waals surface area contributed by atoms with Crippen molar-refractivity contribution in [3.05, 3.63) is 35.9 Å². The van der Waals surface area contributed by atoms with Crippen LogP contribution in [0.25, 0.3) is 0 Å². The highest BCUT2D eigenvalue weighted by Gasteiger charge is 2.23. The van der Waals surface area contributed by atoms with Gasteiger partial charge >= 0.3 is 11.9 Å². The number of rotatable bonds is 8. The SMILES string of the molecule is CC(C(=O)N[C@H](CCCC(=O)O)C(=O)O)c1ccccc1. The van der Waals surface area contributed by atoms with Gasteiger partial charge < -0.3 is 15.5 Å². The number of carbonyl (C=O) groups is 3. The van der Waals surface area contributed by atoms with Gasteiger partial charge in [-0.1, -0.05) is 30.3 Å². The zero-order valence-electron chi connectivity index (χ0n) is 11.8. The third-order valence-corrected chi connectivity index (χ3v) is 3.19. The third kappa shape index (κ3) is 5.64. The van der Waals surface area contributed by atoms with Gasteiger partial charge in [0.1, 0.15) is 6.04 Å². The molecule has 2 atom stereocenters. The fourth-order valence-electron chi connectivity index (χ4n) is 1.90. The van der Waals surface area contributed by atoms with E-state index in [-0.39, 0.29) is 25.2 Å². The van der Waals surface area contributed by atoms with Crippen molar-refractivity contribution in [2.75, 3.05) is 0 Å². The van der Waals surface area contributed by atoms with Gasteiger partial charge in [0.05, 0.1) is 5.92 Å². The summed E-state index contributed by atoms with van der Waals surface area (Å²) in [4.78, 5) is 33.6. The van der Waals surface area contributed by atoms with Crippen molar-refractivity contribution in [2.24, 2.45) is 0 Å². The highest BCUT2D eigenvalue weighted by Crippen LogP contribution is 2.15. The van der Waals surface area contributed by atoms with E-state index in [0.29, 0.717) is 0 Å². The molecule has 1 amide bonds. The van der Waals surface area contributed by atoms with Gasteiger partial charge in [-0.15, -0.1) is 0 Å². The topological polar surface area (TPSA) is 104 Å². The summed E-state index contributed by atoms with van der Waals surface area (Å²) in [6, 6.07) is 7.97. The van der Waals surface area contributed by atoms with Gasteiger partial charge in [-0.05, 0) is 25.3 Å². The van der Waals surface area contributed by atoms with E-state index in [4.69, 9.17) is 10.2 Å². The number of carboxylic acid groups (broad SMARTS) is 2. The molecule has 0 saturated carbocycles. The van der Waals surface area contributed by atoms with Crippen LogP contribution < -0.4 is 5.32 Å². The van der Waals surface area contributed by atoms with Crippen LogP contribution in [0.2, 0.25) is 0 Å². The smallest absolute Gasteiger partial charge is 0.326 e. The maximum absolute atomic E-state index is 12.1. The number of hydrogen-bond acceptors (Lipinski definition) is 3. The Hall–Kier alpha value is -2.37. The Morgan fingerprint density at radius 1 is 1.14 bits per heavy atom. The first-order chi connectivity index (χ1) is 9.91. The fourth-order valence-corrected chi connectivity index (χ4v) is 1.90. The largest absolute Gasteiger partial charge is 0.481 e. The number of benzene rings is 1. The number of aliphatic carboxylic acids is 2. The van der Waals surface area contributed by atoms with E-state index in [1.54, 1.807) is 31.2 Å². The Morgan fingerprint density at radius 3 is 2.29 bits per heavy atom. The van der Waals surface area contributed by atoms with Crippen molar-refractivity contribution in [3.63, 3.8) is 0 Å². The number of amides is 1. The van der Waals surface area contributed by atoms with E-state index in [2.05, 4.69) is 5.32 Å². The number of carbonyl (C=O) groups excluding carboxylic acids is 1. The second-order valence-corrected chi connectivity index (χ2v) is 4.82. The van der Waals surface area contributed by atoms with Crippen LogP contribution in [0, 0.1) is 0 Å². The molecule has 21 heavy (non-hydrogen) atoms. The molecule has 1 aromatic carbocycles. The lowest BCUT2D eigenvalue weighted by molar-refractivity contribution is -0.142. The zero-order valence-corrected chi connectivity index (χ0v) is 11.8. The predicted octanol–water partition coefficient (Wildman–Crippen LogP) is 1.61. The van der Waals surface area contributed by atoms with Crippen LogP contribution in [0.5, 0.6) is 0 Å². The van der Waals surface area contributed by atoms with E-state index in [1.165, 1.54) is 0 Å². The average Bonchev–Trinajstić information content (AvgIpc) is 2.45. The molecular formula is C15H19NO5. The van der Waals surface area contributed by atoms with Crippen LogP contribution in [-0.4, -0.2) is 34.1 Å². The molecule has 1 aromatic rings. The minimum Gasteiger partial charge on any atom is -0.481 e. The number of carboxylic acids is 2. The Balaban J connectivity index is 2.60.